The van der Waals surface area contributed by atoms with Crippen LogP contribution in [0.3, 0.4) is 0 Å². The highest BCUT2D eigenvalue weighted by molar-refractivity contribution is 5.79. The molecule has 1 heterocycles. The number of rotatable bonds is 2. The Bertz CT molecular complexity index is 479. The van der Waals surface area contributed by atoms with Crippen molar-refractivity contribution in [1.29, 1.82) is 5.26 Å². The van der Waals surface area contributed by atoms with Gasteiger partial charge in [0, 0.05) is 18.7 Å². The van der Waals surface area contributed by atoms with Gasteiger partial charge in [-0.3, -0.25) is 4.79 Å². The Morgan fingerprint density at radius 1 is 1.50 bits per heavy atom. The zero-order valence-electron chi connectivity index (χ0n) is 10.2. The third kappa shape index (κ3) is 2.80. The number of nitriles is 1. The fourth-order valence-corrected chi connectivity index (χ4v) is 2.24. The number of benzene rings is 1. The quantitative estimate of drug-likeness (QED) is 0.861. The highest BCUT2D eigenvalue weighted by atomic mass is 16.3. The lowest BCUT2D eigenvalue weighted by atomic mass is 9.99. The fourth-order valence-electron chi connectivity index (χ4n) is 2.24. The number of aromatic hydroxyl groups is 1. The molecule has 1 unspecified atom stereocenters. The summed E-state index contributed by atoms with van der Waals surface area (Å²) in [5.74, 6) is 0.0863. The Kier molecular flexibility index (Phi) is 3.83. The van der Waals surface area contributed by atoms with Crippen molar-refractivity contribution < 1.29 is 9.90 Å². The number of likely N-dealkylation sites (tertiary alicyclic amines) is 1. The van der Waals surface area contributed by atoms with E-state index in [9.17, 15) is 9.90 Å². The Labute approximate surface area is 106 Å². The first-order valence-electron chi connectivity index (χ1n) is 6.15. The van der Waals surface area contributed by atoms with Crippen LogP contribution in [0.25, 0.3) is 0 Å². The smallest absolute Gasteiger partial charge is 0.227 e. The van der Waals surface area contributed by atoms with Crippen molar-refractivity contribution in [2.45, 2.75) is 19.3 Å². The number of carbonyl (C=O) groups is 1. The predicted octanol–water partition coefficient (Wildman–Crippen LogP) is 1.70. The summed E-state index contributed by atoms with van der Waals surface area (Å²) in [6, 6.07) is 9.08. The summed E-state index contributed by atoms with van der Waals surface area (Å²) in [6.07, 6.45) is 1.95. The molecule has 4 nitrogen and oxygen atoms in total. The molecule has 1 N–H and O–H groups in total. The van der Waals surface area contributed by atoms with Crippen LogP contribution in [0.15, 0.2) is 24.3 Å². The van der Waals surface area contributed by atoms with Crippen LogP contribution in [0.1, 0.15) is 18.4 Å². The van der Waals surface area contributed by atoms with E-state index in [1.165, 1.54) is 0 Å². The van der Waals surface area contributed by atoms with Crippen LogP contribution in [0.5, 0.6) is 5.75 Å². The van der Waals surface area contributed by atoms with Crippen molar-refractivity contribution in [3.05, 3.63) is 29.8 Å². The van der Waals surface area contributed by atoms with E-state index in [1.54, 1.807) is 29.2 Å². The number of nitrogens with zero attached hydrogens (tertiary/aromatic N) is 2. The highest BCUT2D eigenvalue weighted by Gasteiger charge is 2.23. The second kappa shape index (κ2) is 5.54. The van der Waals surface area contributed by atoms with Gasteiger partial charge in [-0.25, -0.2) is 0 Å². The van der Waals surface area contributed by atoms with Gasteiger partial charge in [0.15, 0.2) is 0 Å². The molecule has 1 saturated heterocycles. The number of hydrogen-bond acceptors (Lipinski definition) is 3. The van der Waals surface area contributed by atoms with Crippen LogP contribution >= 0.6 is 0 Å². The summed E-state index contributed by atoms with van der Waals surface area (Å²) in [6.45, 7) is 1.23. The molecule has 2 rings (SSSR count). The summed E-state index contributed by atoms with van der Waals surface area (Å²) < 4.78 is 0. The second-order valence-electron chi connectivity index (χ2n) is 4.61. The molecule has 1 aromatic carbocycles. The summed E-state index contributed by atoms with van der Waals surface area (Å²) in [5.41, 5.74) is 0.640. The van der Waals surface area contributed by atoms with Crippen molar-refractivity contribution in [2.75, 3.05) is 13.1 Å². The maximum atomic E-state index is 12.1. The van der Waals surface area contributed by atoms with Gasteiger partial charge in [-0.05, 0) is 18.9 Å². The largest absolute Gasteiger partial charge is 0.508 e. The average Bonchev–Trinajstić information content (AvgIpc) is 2.41. The summed E-state index contributed by atoms with van der Waals surface area (Å²) in [7, 11) is 0. The lowest BCUT2D eigenvalue weighted by Gasteiger charge is -2.29. The molecular weight excluding hydrogens is 228 g/mol. The highest BCUT2D eigenvalue weighted by Crippen LogP contribution is 2.20. The van der Waals surface area contributed by atoms with Crippen LogP contribution in [0.4, 0.5) is 0 Å². The minimum absolute atomic E-state index is 0.0172. The predicted molar refractivity (Wildman–Crippen MR) is 66.7 cm³/mol. The van der Waals surface area contributed by atoms with E-state index in [0.717, 1.165) is 12.8 Å². The SMILES string of the molecule is N#CC1CCCN(C(=O)Cc2ccccc2O)C1. The molecule has 1 fully saturated rings. The minimum Gasteiger partial charge on any atom is -0.508 e. The summed E-state index contributed by atoms with van der Waals surface area (Å²) >= 11 is 0. The lowest BCUT2D eigenvalue weighted by Crippen LogP contribution is -2.40. The van der Waals surface area contributed by atoms with Crippen LogP contribution in [-0.4, -0.2) is 29.0 Å². The molecular formula is C14H16N2O2. The third-order valence-electron chi connectivity index (χ3n) is 3.29. The van der Waals surface area contributed by atoms with Crippen LogP contribution in [0, 0.1) is 17.2 Å². The van der Waals surface area contributed by atoms with Crippen LogP contribution < -0.4 is 0 Å². The first-order valence-corrected chi connectivity index (χ1v) is 6.15. The standard InChI is InChI=1S/C14H16N2O2/c15-9-11-4-3-7-16(10-11)14(18)8-12-5-1-2-6-13(12)17/h1-2,5-6,11,17H,3-4,7-8,10H2. The minimum atomic E-state index is -0.0490. The van der Waals surface area contributed by atoms with Crippen LogP contribution in [-0.2, 0) is 11.2 Å². The van der Waals surface area contributed by atoms with Gasteiger partial charge in [-0.1, -0.05) is 18.2 Å². The average molecular weight is 244 g/mol. The number of para-hydroxylation sites is 1. The number of piperidine rings is 1. The molecule has 18 heavy (non-hydrogen) atoms. The number of carbonyl (C=O) groups excluding carboxylic acids is 1. The maximum absolute atomic E-state index is 12.1. The molecule has 1 aliphatic rings. The Morgan fingerprint density at radius 2 is 2.28 bits per heavy atom. The molecule has 4 heteroatoms. The molecule has 1 aromatic rings. The number of phenolic OH excluding ortho intramolecular Hbond substituents is 1. The Hall–Kier alpha value is -2.02. The molecule has 1 aliphatic heterocycles. The van der Waals surface area contributed by atoms with E-state index in [2.05, 4.69) is 6.07 Å². The lowest BCUT2D eigenvalue weighted by molar-refractivity contribution is -0.131. The van der Waals surface area contributed by atoms with Gasteiger partial charge in [0.25, 0.3) is 0 Å². The molecule has 0 spiro atoms. The first-order chi connectivity index (χ1) is 8.70. The number of amides is 1. The van der Waals surface area contributed by atoms with Crippen molar-refractivity contribution in [3.63, 3.8) is 0 Å². The normalized spacial score (nSPS) is 19.3. The molecule has 1 amide bonds. The van der Waals surface area contributed by atoms with E-state index in [0.29, 0.717) is 18.7 Å². The van der Waals surface area contributed by atoms with E-state index in [1.807, 2.05) is 0 Å². The van der Waals surface area contributed by atoms with Crippen molar-refractivity contribution in [3.8, 4) is 11.8 Å². The third-order valence-corrected chi connectivity index (χ3v) is 3.29. The van der Waals surface area contributed by atoms with Gasteiger partial charge in [0.1, 0.15) is 5.75 Å². The topological polar surface area (TPSA) is 64.3 Å². The van der Waals surface area contributed by atoms with Crippen LogP contribution in [0.2, 0.25) is 0 Å². The molecule has 0 bridgehead atoms. The molecule has 1 atom stereocenters. The molecule has 94 valence electrons. The Balaban J connectivity index is 2.00. The van der Waals surface area contributed by atoms with Gasteiger partial charge in [0.05, 0.1) is 18.4 Å². The first kappa shape index (κ1) is 12.4. The Morgan fingerprint density at radius 3 is 3.00 bits per heavy atom. The van der Waals surface area contributed by atoms with Crippen molar-refractivity contribution in [1.82, 2.24) is 4.90 Å². The summed E-state index contributed by atoms with van der Waals surface area (Å²) in [4.78, 5) is 13.8. The number of hydrogen-bond donors (Lipinski definition) is 1. The number of phenols is 1. The molecule has 0 saturated carbocycles. The molecule has 0 radical (unpaired) electrons. The van der Waals surface area contributed by atoms with Gasteiger partial charge < -0.3 is 10.0 Å². The zero-order chi connectivity index (χ0) is 13.0. The zero-order valence-corrected chi connectivity index (χ0v) is 10.2. The van der Waals surface area contributed by atoms with Gasteiger partial charge in [0.2, 0.25) is 5.91 Å². The van der Waals surface area contributed by atoms with E-state index in [-0.39, 0.29) is 24.0 Å². The summed E-state index contributed by atoms with van der Waals surface area (Å²) in [5, 5.41) is 18.5. The van der Waals surface area contributed by atoms with Crippen molar-refractivity contribution in [2.24, 2.45) is 5.92 Å². The molecule has 0 aliphatic carbocycles. The van der Waals surface area contributed by atoms with Gasteiger partial charge >= 0.3 is 0 Å². The van der Waals surface area contributed by atoms with E-state index in [4.69, 9.17) is 5.26 Å². The van der Waals surface area contributed by atoms with E-state index >= 15 is 0 Å². The van der Waals surface area contributed by atoms with Gasteiger partial charge in [-0.15, -0.1) is 0 Å². The second-order valence-corrected chi connectivity index (χ2v) is 4.61. The molecule has 0 aromatic heterocycles. The maximum Gasteiger partial charge on any atom is 0.227 e. The monoisotopic (exact) mass is 244 g/mol. The van der Waals surface area contributed by atoms with Gasteiger partial charge in [-0.2, -0.15) is 5.26 Å². The van der Waals surface area contributed by atoms with Crippen molar-refractivity contribution >= 4 is 5.91 Å². The van der Waals surface area contributed by atoms with E-state index < -0.39 is 0 Å². The fraction of sp³-hybridized carbons (Fsp3) is 0.429.